The molecule has 0 aliphatic heterocycles. The predicted octanol–water partition coefficient (Wildman–Crippen LogP) is 2.38. The smallest absolute Gasteiger partial charge is 0.481 e. The fourth-order valence-corrected chi connectivity index (χ4v) is 4.47. The Morgan fingerprint density at radius 2 is 1.85 bits per heavy atom. The van der Waals surface area contributed by atoms with Crippen molar-refractivity contribution in [3.8, 4) is 0 Å². The monoisotopic (exact) mass is 527 g/mol. The topological polar surface area (TPSA) is 155 Å². The first-order chi connectivity index (χ1) is 15.0. The highest BCUT2D eigenvalue weighted by Crippen LogP contribution is 2.62. The van der Waals surface area contributed by atoms with Crippen molar-refractivity contribution in [3.05, 3.63) is 33.8 Å². The van der Waals surface area contributed by atoms with Gasteiger partial charge in [-0.1, -0.05) is 29.3 Å². The van der Waals surface area contributed by atoms with Crippen molar-refractivity contribution in [1.29, 1.82) is 0 Å². The standard InChI is InChI=1S/C20H23Cl2NO9.ClH/c1-8(2)32-19(28)31-7-30-18(27)20(23)14-12(13(14)17(25)26)15(24)16(20)29-6-9-3-4-10(21)11(22)5-9;/h3-5,8,12-16,24H,6-7,23H2,1-2H3,(H,25,26);1H/t12-,13-,14-,15-,16+,20+;/m0./s1. The summed E-state index contributed by atoms with van der Waals surface area (Å²) in [5.41, 5.74) is 4.94. The van der Waals surface area contributed by atoms with Crippen molar-refractivity contribution in [2.24, 2.45) is 23.5 Å². The number of benzene rings is 1. The number of nitrogens with two attached hydrogens (primary N) is 1. The summed E-state index contributed by atoms with van der Waals surface area (Å²) < 4.78 is 20.1. The van der Waals surface area contributed by atoms with Gasteiger partial charge >= 0.3 is 18.1 Å². The molecule has 0 aromatic heterocycles. The molecule has 0 spiro atoms. The number of fused-ring (bicyclic) bond motifs is 1. The summed E-state index contributed by atoms with van der Waals surface area (Å²) in [4.78, 5) is 35.8. The quantitative estimate of drug-likeness (QED) is 0.338. The van der Waals surface area contributed by atoms with E-state index in [0.29, 0.717) is 10.6 Å². The van der Waals surface area contributed by atoms with Crippen LogP contribution in [0.1, 0.15) is 19.4 Å². The fraction of sp³-hybridized carbons (Fsp3) is 0.550. The maximum absolute atomic E-state index is 12.8. The van der Waals surface area contributed by atoms with Gasteiger partial charge in [0.2, 0.25) is 6.79 Å². The molecule has 13 heteroatoms. The Balaban J connectivity index is 0.00000385. The van der Waals surface area contributed by atoms with Gasteiger partial charge in [-0.25, -0.2) is 9.59 Å². The number of hydrogen-bond donors (Lipinski definition) is 3. The average molecular weight is 529 g/mol. The van der Waals surface area contributed by atoms with E-state index in [9.17, 15) is 24.6 Å². The molecule has 2 aliphatic carbocycles. The second-order valence-corrected chi connectivity index (χ2v) is 8.80. The molecular formula is C20H24Cl3NO9. The van der Waals surface area contributed by atoms with Gasteiger partial charge in [-0.15, -0.1) is 12.4 Å². The minimum Gasteiger partial charge on any atom is -0.481 e. The van der Waals surface area contributed by atoms with E-state index in [1.54, 1.807) is 32.0 Å². The maximum Gasteiger partial charge on any atom is 0.511 e. The molecule has 0 unspecified atom stereocenters. The van der Waals surface area contributed by atoms with Gasteiger partial charge in [0, 0.05) is 11.8 Å². The largest absolute Gasteiger partial charge is 0.511 e. The Bertz CT molecular complexity index is 915. The number of aliphatic hydroxyl groups is 1. The molecule has 4 N–H and O–H groups in total. The van der Waals surface area contributed by atoms with Crippen molar-refractivity contribution >= 4 is 53.7 Å². The van der Waals surface area contributed by atoms with Gasteiger partial charge in [-0.2, -0.15) is 0 Å². The molecule has 0 radical (unpaired) electrons. The van der Waals surface area contributed by atoms with Gasteiger partial charge in [0.25, 0.3) is 0 Å². The zero-order valence-electron chi connectivity index (χ0n) is 17.6. The average Bonchev–Trinajstić information content (AvgIpc) is 3.41. The van der Waals surface area contributed by atoms with Crippen molar-refractivity contribution in [2.75, 3.05) is 6.79 Å². The number of aliphatic carboxylic acids is 1. The molecule has 1 aromatic rings. The van der Waals surface area contributed by atoms with E-state index in [-0.39, 0.29) is 24.0 Å². The van der Waals surface area contributed by atoms with Crippen molar-refractivity contribution < 1.29 is 43.5 Å². The number of carbonyl (C=O) groups is 3. The first-order valence-corrected chi connectivity index (χ1v) is 10.5. The van der Waals surface area contributed by atoms with Crippen molar-refractivity contribution in [2.45, 2.75) is 44.3 Å². The minimum atomic E-state index is -1.98. The summed E-state index contributed by atoms with van der Waals surface area (Å²) in [7, 11) is 0. The molecule has 0 saturated heterocycles. The van der Waals surface area contributed by atoms with Gasteiger partial charge in [0.1, 0.15) is 11.6 Å². The number of rotatable bonds is 8. The summed E-state index contributed by atoms with van der Waals surface area (Å²) in [5, 5.41) is 20.7. The SMILES string of the molecule is CC(C)OC(=O)OCOC(=O)[C@@]1(N)[C@@H]2[C@@H](C(=O)O)[C@@H]2[C@H](O)[C@H]1OCc1ccc(Cl)c(Cl)c1.Cl. The molecule has 2 saturated carbocycles. The number of carbonyl (C=O) groups excluding carboxylic acids is 2. The first-order valence-electron chi connectivity index (χ1n) is 9.74. The van der Waals surface area contributed by atoms with E-state index in [0.717, 1.165) is 0 Å². The highest BCUT2D eigenvalue weighted by Gasteiger charge is 2.79. The molecule has 0 amide bonds. The van der Waals surface area contributed by atoms with Crippen LogP contribution in [0.4, 0.5) is 4.79 Å². The second kappa shape index (κ2) is 10.6. The lowest BCUT2D eigenvalue weighted by molar-refractivity contribution is -0.172. The third-order valence-corrected chi connectivity index (χ3v) is 6.29. The number of halogens is 3. The highest BCUT2D eigenvalue weighted by molar-refractivity contribution is 6.42. The summed E-state index contributed by atoms with van der Waals surface area (Å²) >= 11 is 11.9. The molecule has 10 nitrogen and oxygen atoms in total. The molecule has 0 heterocycles. The van der Waals surface area contributed by atoms with E-state index in [4.69, 9.17) is 43.1 Å². The normalized spacial score (nSPS) is 29.6. The predicted molar refractivity (Wildman–Crippen MR) is 117 cm³/mol. The lowest BCUT2D eigenvalue weighted by Crippen LogP contribution is -2.62. The van der Waals surface area contributed by atoms with Crippen LogP contribution in [0.25, 0.3) is 0 Å². The lowest BCUT2D eigenvalue weighted by Gasteiger charge is -2.34. The van der Waals surface area contributed by atoms with E-state index in [1.165, 1.54) is 0 Å². The van der Waals surface area contributed by atoms with Crippen LogP contribution >= 0.6 is 35.6 Å². The van der Waals surface area contributed by atoms with Crippen LogP contribution in [-0.2, 0) is 35.1 Å². The Hall–Kier alpha value is -1.82. The molecule has 2 fully saturated rings. The van der Waals surface area contributed by atoms with E-state index < -0.39 is 66.5 Å². The van der Waals surface area contributed by atoms with Crippen molar-refractivity contribution in [1.82, 2.24) is 0 Å². The number of aliphatic hydroxyl groups excluding tert-OH is 1. The second-order valence-electron chi connectivity index (χ2n) is 7.98. The van der Waals surface area contributed by atoms with Crippen LogP contribution < -0.4 is 5.73 Å². The molecule has 3 rings (SSSR count). The van der Waals surface area contributed by atoms with Gasteiger partial charge in [-0.05, 0) is 31.5 Å². The Kier molecular flexibility index (Phi) is 8.83. The van der Waals surface area contributed by atoms with Crippen LogP contribution in [-0.4, -0.2) is 59.0 Å². The number of carboxylic acid groups (broad SMARTS) is 1. The third kappa shape index (κ3) is 5.47. The molecule has 184 valence electrons. The molecule has 33 heavy (non-hydrogen) atoms. The number of hydrogen-bond acceptors (Lipinski definition) is 9. The zero-order valence-corrected chi connectivity index (χ0v) is 19.9. The Morgan fingerprint density at radius 1 is 1.18 bits per heavy atom. The number of carboxylic acids is 1. The van der Waals surface area contributed by atoms with Crippen LogP contribution in [0.3, 0.4) is 0 Å². The van der Waals surface area contributed by atoms with Crippen LogP contribution in [0, 0.1) is 17.8 Å². The zero-order chi connectivity index (χ0) is 23.8. The van der Waals surface area contributed by atoms with Crippen LogP contribution in [0.2, 0.25) is 10.0 Å². The Morgan fingerprint density at radius 3 is 2.42 bits per heavy atom. The van der Waals surface area contributed by atoms with Crippen LogP contribution in [0.15, 0.2) is 18.2 Å². The summed E-state index contributed by atoms with van der Waals surface area (Å²) in [6.07, 6.45) is -4.08. The minimum absolute atomic E-state index is 0. The summed E-state index contributed by atoms with van der Waals surface area (Å²) in [6.45, 7) is 2.33. The van der Waals surface area contributed by atoms with Crippen molar-refractivity contribution in [3.63, 3.8) is 0 Å². The highest BCUT2D eigenvalue weighted by atomic mass is 35.5. The summed E-state index contributed by atoms with van der Waals surface area (Å²) in [5.74, 6) is -4.98. The molecule has 1 aromatic carbocycles. The third-order valence-electron chi connectivity index (χ3n) is 5.55. The maximum atomic E-state index is 12.8. The number of esters is 1. The van der Waals surface area contributed by atoms with Crippen LogP contribution in [0.5, 0.6) is 0 Å². The van der Waals surface area contributed by atoms with Gasteiger partial charge in [0.15, 0.2) is 0 Å². The molecular weight excluding hydrogens is 505 g/mol. The fourth-order valence-electron chi connectivity index (χ4n) is 4.15. The van der Waals surface area contributed by atoms with Gasteiger partial charge < -0.3 is 34.9 Å². The lowest BCUT2D eigenvalue weighted by atomic mass is 9.87. The summed E-state index contributed by atoms with van der Waals surface area (Å²) in [6, 6.07) is 4.75. The first kappa shape index (κ1) is 27.4. The van der Waals surface area contributed by atoms with Gasteiger partial charge in [-0.3, -0.25) is 4.79 Å². The number of ether oxygens (including phenoxy) is 4. The Labute approximate surface area is 205 Å². The molecule has 2 aliphatic rings. The van der Waals surface area contributed by atoms with E-state index >= 15 is 0 Å². The van der Waals surface area contributed by atoms with E-state index in [2.05, 4.69) is 4.74 Å². The van der Waals surface area contributed by atoms with E-state index in [1.807, 2.05) is 0 Å². The van der Waals surface area contributed by atoms with Gasteiger partial charge in [0.05, 0.1) is 34.8 Å². The molecule has 0 bridgehead atoms. The molecule has 6 atom stereocenters.